The van der Waals surface area contributed by atoms with Gasteiger partial charge in [0.2, 0.25) is 5.91 Å². The number of nitro benzene ring substituents is 1. The monoisotopic (exact) mass is 444 g/mol. The standard InChI is InChI=1S/C15H17IN4O4/c1-3-24-11-4-5-13(14(8-11)20(22)23)18-15(21)6-7-19-10(2)12(16)9-17-19/h4-5,8-9H,3,6-7H2,1-2H3,(H,18,21). The van der Waals surface area contributed by atoms with Gasteiger partial charge in [-0.15, -0.1) is 0 Å². The fraction of sp³-hybridized carbons (Fsp3) is 0.333. The molecule has 24 heavy (non-hydrogen) atoms. The quantitative estimate of drug-likeness (QED) is 0.402. The second-order valence-electron chi connectivity index (χ2n) is 4.97. The molecule has 0 saturated carbocycles. The lowest BCUT2D eigenvalue weighted by Crippen LogP contribution is -2.16. The Kier molecular flexibility index (Phi) is 6.12. The number of ether oxygens (including phenoxy) is 1. The Hall–Kier alpha value is -2.17. The van der Waals surface area contributed by atoms with Gasteiger partial charge in [0.25, 0.3) is 5.69 Å². The zero-order valence-electron chi connectivity index (χ0n) is 13.3. The highest BCUT2D eigenvalue weighted by Gasteiger charge is 2.17. The number of nitrogens with zero attached hydrogens (tertiary/aromatic N) is 3. The minimum atomic E-state index is -0.544. The van der Waals surface area contributed by atoms with Crippen LogP contribution in [0, 0.1) is 20.6 Å². The molecule has 1 heterocycles. The highest BCUT2D eigenvalue weighted by atomic mass is 127. The summed E-state index contributed by atoms with van der Waals surface area (Å²) in [6, 6.07) is 4.37. The molecule has 1 N–H and O–H groups in total. The summed E-state index contributed by atoms with van der Waals surface area (Å²) in [6.07, 6.45) is 1.90. The highest BCUT2D eigenvalue weighted by molar-refractivity contribution is 14.1. The summed E-state index contributed by atoms with van der Waals surface area (Å²) in [5.41, 5.74) is 0.940. The molecule has 2 rings (SSSR count). The van der Waals surface area contributed by atoms with Crippen LogP contribution in [0.15, 0.2) is 24.4 Å². The summed E-state index contributed by atoms with van der Waals surface area (Å²) in [5, 5.41) is 17.9. The average Bonchev–Trinajstić information content (AvgIpc) is 2.86. The molecule has 1 aromatic carbocycles. The van der Waals surface area contributed by atoms with E-state index in [-0.39, 0.29) is 23.7 Å². The average molecular weight is 444 g/mol. The van der Waals surface area contributed by atoms with Crippen molar-refractivity contribution in [2.45, 2.75) is 26.8 Å². The lowest BCUT2D eigenvalue weighted by Gasteiger charge is -2.09. The summed E-state index contributed by atoms with van der Waals surface area (Å²) in [7, 11) is 0. The third-order valence-corrected chi connectivity index (χ3v) is 4.40. The van der Waals surface area contributed by atoms with Crippen molar-refractivity contribution in [2.75, 3.05) is 11.9 Å². The number of aromatic nitrogens is 2. The van der Waals surface area contributed by atoms with Crippen LogP contribution >= 0.6 is 22.6 Å². The normalized spacial score (nSPS) is 10.5. The minimum absolute atomic E-state index is 0.153. The van der Waals surface area contributed by atoms with Crippen molar-refractivity contribution in [3.63, 3.8) is 0 Å². The molecule has 0 unspecified atom stereocenters. The Morgan fingerprint density at radius 2 is 2.25 bits per heavy atom. The number of benzene rings is 1. The predicted octanol–water partition coefficient (Wildman–Crippen LogP) is 3.13. The van der Waals surface area contributed by atoms with E-state index < -0.39 is 4.92 Å². The molecule has 0 spiro atoms. The molecule has 8 nitrogen and oxygen atoms in total. The lowest BCUT2D eigenvalue weighted by molar-refractivity contribution is -0.384. The van der Waals surface area contributed by atoms with Gasteiger partial charge in [0, 0.05) is 12.1 Å². The van der Waals surface area contributed by atoms with Gasteiger partial charge in [0.1, 0.15) is 11.4 Å². The summed E-state index contributed by atoms with van der Waals surface area (Å²) < 4.78 is 8.00. The first-order valence-electron chi connectivity index (χ1n) is 7.31. The van der Waals surface area contributed by atoms with Crippen molar-refractivity contribution in [2.24, 2.45) is 0 Å². The van der Waals surface area contributed by atoms with Crippen LogP contribution in [0.25, 0.3) is 0 Å². The van der Waals surface area contributed by atoms with Gasteiger partial charge in [0.15, 0.2) is 0 Å². The van der Waals surface area contributed by atoms with E-state index in [4.69, 9.17) is 4.74 Å². The third-order valence-electron chi connectivity index (χ3n) is 3.34. The van der Waals surface area contributed by atoms with E-state index >= 15 is 0 Å². The molecular weight excluding hydrogens is 427 g/mol. The number of carbonyl (C=O) groups excluding carboxylic acids is 1. The zero-order valence-corrected chi connectivity index (χ0v) is 15.4. The summed E-state index contributed by atoms with van der Waals surface area (Å²) in [6.45, 7) is 4.53. The number of halogens is 1. The van der Waals surface area contributed by atoms with Crippen molar-refractivity contribution in [1.82, 2.24) is 9.78 Å². The van der Waals surface area contributed by atoms with E-state index in [1.807, 2.05) is 6.92 Å². The molecule has 0 bridgehead atoms. The maximum atomic E-state index is 12.1. The Morgan fingerprint density at radius 1 is 1.50 bits per heavy atom. The summed E-state index contributed by atoms with van der Waals surface area (Å²) in [5.74, 6) is 0.0797. The molecule has 0 saturated heterocycles. The molecule has 128 valence electrons. The number of hydrogen-bond donors (Lipinski definition) is 1. The molecular formula is C15H17IN4O4. The molecule has 2 aromatic rings. The molecule has 9 heteroatoms. The van der Waals surface area contributed by atoms with Gasteiger partial charge in [-0.05, 0) is 48.6 Å². The molecule has 1 amide bonds. The number of hydrogen-bond acceptors (Lipinski definition) is 5. The van der Waals surface area contributed by atoms with Crippen LogP contribution in [0.3, 0.4) is 0 Å². The van der Waals surface area contributed by atoms with Crippen molar-refractivity contribution in [1.29, 1.82) is 0 Å². The Labute approximate surface area is 152 Å². The second kappa shape index (κ2) is 8.08. The fourth-order valence-electron chi connectivity index (χ4n) is 2.09. The van der Waals surface area contributed by atoms with Crippen LogP contribution < -0.4 is 10.1 Å². The molecule has 0 aliphatic rings. The Balaban J connectivity index is 2.05. The number of nitrogens with one attached hydrogen (secondary N) is 1. The van der Waals surface area contributed by atoms with Gasteiger partial charge in [-0.2, -0.15) is 5.10 Å². The summed E-state index contributed by atoms with van der Waals surface area (Å²) in [4.78, 5) is 22.7. The molecule has 0 radical (unpaired) electrons. The van der Waals surface area contributed by atoms with Gasteiger partial charge in [-0.25, -0.2) is 0 Å². The lowest BCUT2D eigenvalue weighted by atomic mass is 10.2. The van der Waals surface area contributed by atoms with E-state index in [0.29, 0.717) is 18.9 Å². The molecule has 0 aliphatic heterocycles. The maximum Gasteiger partial charge on any atom is 0.296 e. The molecule has 1 aromatic heterocycles. The molecule has 0 aliphatic carbocycles. The van der Waals surface area contributed by atoms with Crippen LogP contribution in [0.5, 0.6) is 5.75 Å². The van der Waals surface area contributed by atoms with Crippen LogP contribution in [0.4, 0.5) is 11.4 Å². The number of carbonyl (C=O) groups is 1. The van der Waals surface area contributed by atoms with E-state index in [1.165, 1.54) is 12.1 Å². The van der Waals surface area contributed by atoms with Crippen LogP contribution in [-0.4, -0.2) is 27.2 Å². The zero-order chi connectivity index (χ0) is 17.7. The minimum Gasteiger partial charge on any atom is -0.494 e. The second-order valence-corrected chi connectivity index (χ2v) is 6.13. The van der Waals surface area contributed by atoms with Gasteiger partial charge in [-0.3, -0.25) is 19.6 Å². The SMILES string of the molecule is CCOc1ccc(NC(=O)CCn2ncc(I)c2C)c([N+](=O)[O-])c1. The third kappa shape index (κ3) is 4.43. The maximum absolute atomic E-state index is 12.1. The van der Waals surface area contributed by atoms with Crippen LogP contribution in [-0.2, 0) is 11.3 Å². The van der Waals surface area contributed by atoms with Crippen molar-refractivity contribution < 1.29 is 14.5 Å². The Bertz CT molecular complexity index is 760. The first-order chi connectivity index (χ1) is 11.4. The number of aryl methyl sites for hydroxylation is 1. The van der Waals surface area contributed by atoms with Crippen LogP contribution in [0.1, 0.15) is 19.0 Å². The van der Waals surface area contributed by atoms with E-state index in [9.17, 15) is 14.9 Å². The van der Waals surface area contributed by atoms with Crippen molar-refractivity contribution in [3.8, 4) is 5.75 Å². The van der Waals surface area contributed by atoms with Gasteiger partial charge < -0.3 is 10.1 Å². The molecule has 0 atom stereocenters. The molecule has 0 fully saturated rings. The Morgan fingerprint density at radius 3 is 2.83 bits per heavy atom. The smallest absolute Gasteiger partial charge is 0.296 e. The fourth-order valence-corrected chi connectivity index (χ4v) is 2.50. The first kappa shape index (κ1) is 18.2. The van der Waals surface area contributed by atoms with Crippen molar-refractivity contribution in [3.05, 3.63) is 43.8 Å². The number of nitro groups is 1. The highest BCUT2D eigenvalue weighted by Crippen LogP contribution is 2.29. The van der Waals surface area contributed by atoms with Gasteiger partial charge in [0.05, 0.1) is 33.9 Å². The van der Waals surface area contributed by atoms with Crippen molar-refractivity contribution >= 4 is 39.9 Å². The first-order valence-corrected chi connectivity index (χ1v) is 8.39. The van der Waals surface area contributed by atoms with E-state index in [1.54, 1.807) is 23.9 Å². The van der Waals surface area contributed by atoms with E-state index in [2.05, 4.69) is 33.0 Å². The number of rotatable bonds is 7. The number of anilines is 1. The van der Waals surface area contributed by atoms with Gasteiger partial charge in [-0.1, -0.05) is 0 Å². The largest absolute Gasteiger partial charge is 0.494 e. The van der Waals surface area contributed by atoms with E-state index in [0.717, 1.165) is 9.26 Å². The summed E-state index contributed by atoms with van der Waals surface area (Å²) >= 11 is 2.17. The number of amides is 1. The van der Waals surface area contributed by atoms with Gasteiger partial charge >= 0.3 is 0 Å². The van der Waals surface area contributed by atoms with Crippen LogP contribution in [0.2, 0.25) is 0 Å². The topological polar surface area (TPSA) is 99.3 Å². The predicted molar refractivity (Wildman–Crippen MR) is 97.2 cm³/mol.